The maximum atomic E-state index is 12.0. The van der Waals surface area contributed by atoms with Crippen LogP contribution in [0, 0.1) is 0 Å². The summed E-state index contributed by atoms with van der Waals surface area (Å²) in [6.45, 7) is 4.74. The molecule has 0 aliphatic carbocycles. The van der Waals surface area contributed by atoms with Gasteiger partial charge in [-0.15, -0.1) is 0 Å². The zero-order chi connectivity index (χ0) is 20.3. The second-order valence-electron chi connectivity index (χ2n) is 5.55. The molecule has 0 saturated heterocycles. The smallest absolute Gasteiger partial charge is 0.407 e. The maximum absolute atomic E-state index is 12.0. The van der Waals surface area contributed by atoms with Gasteiger partial charge in [-0.05, 0) is 12.8 Å². The van der Waals surface area contributed by atoms with E-state index in [0.29, 0.717) is 58.7 Å². The molecule has 0 aliphatic heterocycles. The van der Waals surface area contributed by atoms with Gasteiger partial charge in [0.1, 0.15) is 13.2 Å². The normalized spacial score (nSPS) is 10.2. The molecular formula is C17H33N3O7. The minimum absolute atomic E-state index is 0.0281. The summed E-state index contributed by atoms with van der Waals surface area (Å²) >= 11 is 0. The second kappa shape index (κ2) is 17.3. The van der Waals surface area contributed by atoms with Crippen molar-refractivity contribution in [1.82, 2.24) is 15.5 Å². The molecule has 27 heavy (non-hydrogen) atoms. The van der Waals surface area contributed by atoms with Gasteiger partial charge < -0.3 is 34.5 Å². The van der Waals surface area contributed by atoms with Crippen LogP contribution in [0.4, 0.5) is 9.59 Å². The van der Waals surface area contributed by atoms with E-state index in [0.717, 1.165) is 0 Å². The summed E-state index contributed by atoms with van der Waals surface area (Å²) in [5.74, 6) is 0.0281. The van der Waals surface area contributed by atoms with Gasteiger partial charge in [-0.1, -0.05) is 6.92 Å². The van der Waals surface area contributed by atoms with Crippen LogP contribution in [0.1, 0.15) is 26.2 Å². The molecular weight excluding hydrogens is 358 g/mol. The standard InChI is InChI=1S/C17H33N3O7/c1-4-15(21)20(9-5-7-18-16(22)26-13-11-24-2)10-6-8-19-17(23)27-14-12-25-3/h4-14H2,1-3H3,(H,18,22)(H,19,23). The molecule has 2 N–H and O–H groups in total. The van der Waals surface area contributed by atoms with E-state index in [1.807, 2.05) is 0 Å². The Hall–Kier alpha value is -2.07. The van der Waals surface area contributed by atoms with Crippen LogP contribution in [0.15, 0.2) is 0 Å². The Balaban J connectivity index is 3.93. The van der Waals surface area contributed by atoms with Crippen LogP contribution >= 0.6 is 0 Å². The number of ether oxygens (including phenoxy) is 4. The van der Waals surface area contributed by atoms with Gasteiger partial charge >= 0.3 is 12.2 Å². The largest absolute Gasteiger partial charge is 0.447 e. The van der Waals surface area contributed by atoms with E-state index < -0.39 is 12.2 Å². The van der Waals surface area contributed by atoms with E-state index in [4.69, 9.17) is 18.9 Å². The first-order chi connectivity index (χ1) is 13.0. The van der Waals surface area contributed by atoms with E-state index in [-0.39, 0.29) is 19.1 Å². The average molecular weight is 391 g/mol. The van der Waals surface area contributed by atoms with Gasteiger partial charge in [0, 0.05) is 46.8 Å². The number of methoxy groups -OCH3 is 2. The number of carbonyl (C=O) groups excluding carboxylic acids is 3. The zero-order valence-corrected chi connectivity index (χ0v) is 16.6. The van der Waals surface area contributed by atoms with Gasteiger partial charge in [0.15, 0.2) is 0 Å². The molecule has 10 heteroatoms. The molecule has 0 radical (unpaired) electrons. The molecule has 0 bridgehead atoms. The van der Waals surface area contributed by atoms with Gasteiger partial charge in [-0.3, -0.25) is 4.79 Å². The van der Waals surface area contributed by atoms with E-state index in [9.17, 15) is 14.4 Å². The fourth-order valence-corrected chi connectivity index (χ4v) is 2.04. The van der Waals surface area contributed by atoms with Crippen molar-refractivity contribution in [3.63, 3.8) is 0 Å². The predicted octanol–water partition coefficient (Wildman–Crippen LogP) is 0.750. The highest BCUT2D eigenvalue weighted by Crippen LogP contribution is 1.98. The summed E-state index contributed by atoms with van der Waals surface area (Å²) in [6, 6.07) is 0. The number of carbonyl (C=O) groups is 3. The highest BCUT2D eigenvalue weighted by atomic mass is 16.6. The summed E-state index contributed by atoms with van der Waals surface area (Å²) in [6.07, 6.45) is 0.613. The molecule has 0 unspecified atom stereocenters. The molecule has 158 valence electrons. The molecule has 0 heterocycles. The van der Waals surface area contributed by atoms with Crippen LogP contribution < -0.4 is 10.6 Å². The second-order valence-corrected chi connectivity index (χ2v) is 5.55. The van der Waals surface area contributed by atoms with Crippen molar-refractivity contribution in [3.8, 4) is 0 Å². The molecule has 0 aromatic heterocycles. The minimum Gasteiger partial charge on any atom is -0.447 e. The Morgan fingerprint density at radius 1 is 0.778 bits per heavy atom. The lowest BCUT2D eigenvalue weighted by Crippen LogP contribution is -2.36. The number of rotatable bonds is 15. The van der Waals surface area contributed by atoms with Crippen LogP contribution in [0.2, 0.25) is 0 Å². The molecule has 0 aromatic carbocycles. The number of amides is 3. The Labute approximate surface area is 160 Å². The molecule has 0 fully saturated rings. The number of hydrogen-bond acceptors (Lipinski definition) is 7. The summed E-state index contributed by atoms with van der Waals surface area (Å²) in [4.78, 5) is 36.5. The van der Waals surface area contributed by atoms with Crippen molar-refractivity contribution in [2.24, 2.45) is 0 Å². The van der Waals surface area contributed by atoms with E-state index >= 15 is 0 Å². The first-order valence-corrected chi connectivity index (χ1v) is 9.12. The lowest BCUT2D eigenvalue weighted by atomic mass is 10.3. The number of nitrogens with one attached hydrogen (secondary N) is 2. The summed E-state index contributed by atoms with van der Waals surface area (Å²) < 4.78 is 19.3. The van der Waals surface area contributed by atoms with Crippen LogP contribution in [0.25, 0.3) is 0 Å². The summed E-state index contributed by atoms with van der Waals surface area (Å²) in [5, 5.41) is 5.24. The quantitative estimate of drug-likeness (QED) is 0.396. The molecule has 0 saturated carbocycles. The fourth-order valence-electron chi connectivity index (χ4n) is 2.04. The summed E-state index contributed by atoms with van der Waals surface area (Å²) in [5.41, 5.74) is 0. The predicted molar refractivity (Wildman–Crippen MR) is 98.6 cm³/mol. The molecule has 0 atom stereocenters. The topological polar surface area (TPSA) is 115 Å². The van der Waals surface area contributed by atoms with Crippen LogP contribution in [0.5, 0.6) is 0 Å². The fraction of sp³-hybridized carbons (Fsp3) is 0.824. The van der Waals surface area contributed by atoms with Crippen LogP contribution in [-0.4, -0.2) is 89.8 Å². The van der Waals surface area contributed by atoms with Crippen molar-refractivity contribution >= 4 is 18.1 Å². The molecule has 10 nitrogen and oxygen atoms in total. The third-order valence-electron chi connectivity index (χ3n) is 3.44. The van der Waals surface area contributed by atoms with Crippen molar-refractivity contribution in [3.05, 3.63) is 0 Å². The minimum atomic E-state index is -0.503. The van der Waals surface area contributed by atoms with Gasteiger partial charge in [-0.2, -0.15) is 0 Å². The first kappa shape index (κ1) is 24.9. The number of hydrogen-bond donors (Lipinski definition) is 2. The Bertz CT molecular complexity index is 391. The lowest BCUT2D eigenvalue weighted by molar-refractivity contribution is -0.130. The van der Waals surface area contributed by atoms with Crippen molar-refractivity contribution in [1.29, 1.82) is 0 Å². The summed E-state index contributed by atoms with van der Waals surface area (Å²) in [7, 11) is 3.06. The molecule has 3 amide bonds. The maximum Gasteiger partial charge on any atom is 0.407 e. The van der Waals surface area contributed by atoms with Crippen molar-refractivity contribution in [2.45, 2.75) is 26.2 Å². The van der Waals surface area contributed by atoms with E-state index in [1.54, 1.807) is 11.8 Å². The zero-order valence-electron chi connectivity index (χ0n) is 16.6. The van der Waals surface area contributed by atoms with Crippen molar-refractivity contribution < 1.29 is 33.3 Å². The SMILES string of the molecule is CCC(=O)N(CCCNC(=O)OCCOC)CCCNC(=O)OCCOC. The third kappa shape index (κ3) is 14.8. The monoisotopic (exact) mass is 391 g/mol. The van der Waals surface area contributed by atoms with Gasteiger partial charge in [-0.25, -0.2) is 9.59 Å². The number of nitrogens with zero attached hydrogens (tertiary/aromatic N) is 1. The molecule has 0 rings (SSSR count). The van der Waals surface area contributed by atoms with Crippen LogP contribution in [-0.2, 0) is 23.7 Å². The molecule has 0 aromatic rings. The third-order valence-corrected chi connectivity index (χ3v) is 3.44. The van der Waals surface area contributed by atoms with E-state index in [2.05, 4.69) is 10.6 Å². The average Bonchev–Trinajstić information content (AvgIpc) is 2.66. The Morgan fingerprint density at radius 2 is 1.22 bits per heavy atom. The molecule has 0 aliphatic rings. The van der Waals surface area contributed by atoms with Gasteiger partial charge in [0.2, 0.25) is 5.91 Å². The Kier molecular flexibility index (Phi) is 16.0. The first-order valence-electron chi connectivity index (χ1n) is 9.12. The van der Waals surface area contributed by atoms with E-state index in [1.165, 1.54) is 14.2 Å². The van der Waals surface area contributed by atoms with Crippen molar-refractivity contribution in [2.75, 3.05) is 66.8 Å². The lowest BCUT2D eigenvalue weighted by Gasteiger charge is -2.22. The Morgan fingerprint density at radius 3 is 1.59 bits per heavy atom. The molecule has 0 spiro atoms. The highest BCUT2D eigenvalue weighted by Gasteiger charge is 2.11. The number of alkyl carbamates (subject to hydrolysis) is 2. The van der Waals surface area contributed by atoms with Gasteiger partial charge in [0.25, 0.3) is 0 Å². The van der Waals surface area contributed by atoms with Crippen LogP contribution in [0.3, 0.4) is 0 Å². The van der Waals surface area contributed by atoms with Gasteiger partial charge in [0.05, 0.1) is 13.2 Å². The highest BCUT2D eigenvalue weighted by molar-refractivity contribution is 5.75.